The van der Waals surface area contributed by atoms with Gasteiger partial charge < -0.3 is 9.80 Å². The van der Waals surface area contributed by atoms with Gasteiger partial charge in [0.2, 0.25) is 0 Å². The summed E-state index contributed by atoms with van der Waals surface area (Å²) in [7, 11) is 1.99. The predicted octanol–water partition coefficient (Wildman–Crippen LogP) is 4.09. The fourth-order valence-corrected chi connectivity index (χ4v) is 3.86. The number of hydrogen-bond donors (Lipinski definition) is 0. The molecule has 1 aromatic carbocycles. The minimum absolute atomic E-state index is 0.139. The highest BCUT2D eigenvalue weighted by Crippen LogP contribution is 2.31. The zero-order chi connectivity index (χ0) is 16.4. The highest BCUT2D eigenvalue weighted by atomic mass is 32.1. The van der Waals surface area contributed by atoms with Crippen LogP contribution in [0.2, 0.25) is 0 Å². The molecule has 4 nitrogen and oxygen atoms in total. The van der Waals surface area contributed by atoms with Crippen LogP contribution < -0.4 is 4.90 Å². The van der Waals surface area contributed by atoms with E-state index < -0.39 is 0 Å². The van der Waals surface area contributed by atoms with Gasteiger partial charge in [0.15, 0.2) is 5.13 Å². The summed E-state index contributed by atoms with van der Waals surface area (Å²) in [5.74, 6) is 0.862. The molecule has 0 saturated carbocycles. The topological polar surface area (TPSA) is 36.4 Å². The van der Waals surface area contributed by atoms with Crippen molar-refractivity contribution in [1.82, 2.24) is 9.88 Å². The molecule has 23 heavy (non-hydrogen) atoms. The van der Waals surface area contributed by atoms with Gasteiger partial charge in [-0.3, -0.25) is 4.79 Å². The molecule has 0 spiro atoms. The number of carbonyl (C=O) groups excluding carboxylic acids is 1. The molecular weight excluding hydrogens is 306 g/mol. The second-order valence-electron chi connectivity index (χ2n) is 6.28. The number of benzene rings is 1. The minimum Gasteiger partial charge on any atom is -0.338 e. The number of piperidine rings is 1. The fourth-order valence-electron chi connectivity index (χ4n) is 2.84. The van der Waals surface area contributed by atoms with Gasteiger partial charge in [-0.15, -0.1) is 0 Å². The second-order valence-corrected chi connectivity index (χ2v) is 7.26. The molecule has 5 heteroatoms. The molecule has 122 valence electrons. The molecule has 0 unspecified atom stereocenters. The summed E-state index contributed by atoms with van der Waals surface area (Å²) in [5, 5.41) is 0.863. The third kappa shape index (κ3) is 3.39. The Morgan fingerprint density at radius 3 is 2.57 bits per heavy atom. The zero-order valence-electron chi connectivity index (χ0n) is 14.0. The number of likely N-dealkylation sites (tertiary alicyclic amines) is 1. The zero-order valence-corrected chi connectivity index (χ0v) is 14.8. The van der Waals surface area contributed by atoms with E-state index in [0.29, 0.717) is 0 Å². The average molecular weight is 329 g/mol. The molecule has 1 aromatic heterocycles. The van der Waals surface area contributed by atoms with Crippen molar-refractivity contribution < 1.29 is 4.79 Å². The summed E-state index contributed by atoms with van der Waals surface area (Å²) in [6.07, 6.45) is 2.20. The first-order valence-corrected chi connectivity index (χ1v) is 8.93. The number of aryl methyl sites for hydroxylation is 1. The molecule has 2 heterocycles. The molecule has 0 N–H and O–H groups in total. The Kier molecular flexibility index (Phi) is 4.66. The van der Waals surface area contributed by atoms with Crippen molar-refractivity contribution in [1.29, 1.82) is 0 Å². The number of carbonyl (C=O) groups is 1. The van der Waals surface area contributed by atoms with Crippen LogP contribution in [0.25, 0.3) is 0 Å². The Balaban J connectivity index is 1.79. The lowest BCUT2D eigenvalue weighted by Gasteiger charge is -2.30. The van der Waals surface area contributed by atoms with Gasteiger partial charge in [0.25, 0.3) is 5.91 Å². The molecule has 3 rings (SSSR count). The largest absolute Gasteiger partial charge is 0.338 e. The highest BCUT2D eigenvalue weighted by molar-refractivity contribution is 7.17. The number of anilines is 2. The van der Waals surface area contributed by atoms with E-state index >= 15 is 0 Å². The molecule has 0 bridgehead atoms. The number of para-hydroxylation sites is 1. The van der Waals surface area contributed by atoms with Crippen molar-refractivity contribution in [2.24, 2.45) is 5.92 Å². The van der Waals surface area contributed by atoms with Crippen molar-refractivity contribution in [2.75, 3.05) is 25.0 Å². The van der Waals surface area contributed by atoms with Crippen LogP contribution in [-0.4, -0.2) is 35.9 Å². The van der Waals surface area contributed by atoms with Gasteiger partial charge in [-0.05, 0) is 37.8 Å². The lowest BCUT2D eigenvalue weighted by molar-refractivity contribution is 0.0701. The quantitative estimate of drug-likeness (QED) is 0.851. The predicted molar refractivity (Wildman–Crippen MR) is 95.7 cm³/mol. The van der Waals surface area contributed by atoms with Crippen LogP contribution in [0.15, 0.2) is 30.3 Å². The molecule has 1 aliphatic rings. The Hall–Kier alpha value is -1.88. The Bertz CT molecular complexity index is 675. The molecule has 1 fully saturated rings. The van der Waals surface area contributed by atoms with Gasteiger partial charge in [-0.2, -0.15) is 0 Å². The molecule has 0 radical (unpaired) electrons. The van der Waals surface area contributed by atoms with E-state index in [2.05, 4.69) is 11.9 Å². The van der Waals surface area contributed by atoms with E-state index in [4.69, 9.17) is 0 Å². The molecule has 1 saturated heterocycles. The monoisotopic (exact) mass is 329 g/mol. The van der Waals surface area contributed by atoms with E-state index in [1.807, 2.05) is 54.1 Å². The van der Waals surface area contributed by atoms with Crippen LogP contribution in [0.4, 0.5) is 10.8 Å². The maximum absolute atomic E-state index is 12.8. The summed E-state index contributed by atoms with van der Waals surface area (Å²) in [6.45, 7) is 5.91. The fraction of sp³-hybridized carbons (Fsp3) is 0.444. The molecule has 0 aliphatic carbocycles. The molecule has 0 atom stereocenters. The van der Waals surface area contributed by atoms with Crippen molar-refractivity contribution in [2.45, 2.75) is 26.7 Å². The Labute approximate surface area is 141 Å². The van der Waals surface area contributed by atoms with E-state index in [9.17, 15) is 4.79 Å². The van der Waals surface area contributed by atoms with Crippen LogP contribution in [0, 0.1) is 12.8 Å². The standard InChI is InChI=1S/C18H23N3OS/c1-13-9-11-21(12-10-13)17(22)16-14(2)19-18(23-16)20(3)15-7-5-4-6-8-15/h4-8,13H,9-12H2,1-3H3. The van der Waals surface area contributed by atoms with Gasteiger partial charge in [-0.25, -0.2) is 4.98 Å². The SMILES string of the molecule is Cc1nc(N(C)c2ccccc2)sc1C(=O)N1CCC(C)CC1. The maximum Gasteiger partial charge on any atom is 0.265 e. The first kappa shape index (κ1) is 16.0. The number of thiazole rings is 1. The number of aromatic nitrogens is 1. The van der Waals surface area contributed by atoms with Crippen LogP contribution >= 0.6 is 11.3 Å². The third-order valence-corrected chi connectivity index (χ3v) is 5.70. The van der Waals surface area contributed by atoms with Gasteiger partial charge in [0.05, 0.1) is 5.69 Å². The van der Waals surface area contributed by atoms with Crippen molar-refractivity contribution in [3.63, 3.8) is 0 Å². The molecule has 1 aliphatic heterocycles. The van der Waals surface area contributed by atoms with Crippen LogP contribution in [0.5, 0.6) is 0 Å². The van der Waals surface area contributed by atoms with E-state index in [1.165, 1.54) is 11.3 Å². The molecule has 2 aromatic rings. The van der Waals surface area contributed by atoms with Crippen molar-refractivity contribution in [3.8, 4) is 0 Å². The minimum atomic E-state index is 0.139. The average Bonchev–Trinajstić information content (AvgIpc) is 2.97. The summed E-state index contributed by atoms with van der Waals surface area (Å²) < 4.78 is 0. The summed E-state index contributed by atoms with van der Waals surface area (Å²) >= 11 is 1.49. The normalized spacial score (nSPS) is 15.7. The number of nitrogens with zero attached hydrogens (tertiary/aromatic N) is 3. The van der Waals surface area contributed by atoms with Gasteiger partial charge in [0, 0.05) is 25.8 Å². The van der Waals surface area contributed by atoms with Crippen LogP contribution in [0.1, 0.15) is 35.1 Å². The number of hydrogen-bond acceptors (Lipinski definition) is 4. The van der Waals surface area contributed by atoms with Gasteiger partial charge >= 0.3 is 0 Å². The van der Waals surface area contributed by atoms with Gasteiger partial charge in [-0.1, -0.05) is 36.5 Å². The first-order valence-electron chi connectivity index (χ1n) is 8.11. The van der Waals surface area contributed by atoms with E-state index in [-0.39, 0.29) is 5.91 Å². The molecular formula is C18H23N3OS. The van der Waals surface area contributed by atoms with Crippen LogP contribution in [0.3, 0.4) is 0 Å². The smallest absolute Gasteiger partial charge is 0.265 e. The summed E-state index contributed by atoms with van der Waals surface area (Å²) in [5.41, 5.74) is 1.91. The Morgan fingerprint density at radius 1 is 1.26 bits per heavy atom. The lowest BCUT2D eigenvalue weighted by atomic mass is 9.99. The maximum atomic E-state index is 12.8. The Morgan fingerprint density at radius 2 is 1.91 bits per heavy atom. The third-order valence-electron chi connectivity index (χ3n) is 4.48. The second kappa shape index (κ2) is 6.71. The van der Waals surface area contributed by atoms with Crippen LogP contribution in [-0.2, 0) is 0 Å². The molecule has 1 amide bonds. The number of amides is 1. The van der Waals surface area contributed by atoms with E-state index in [0.717, 1.165) is 53.2 Å². The first-order chi connectivity index (χ1) is 11.1. The van der Waals surface area contributed by atoms with E-state index in [1.54, 1.807) is 0 Å². The number of rotatable bonds is 3. The van der Waals surface area contributed by atoms with Crippen molar-refractivity contribution >= 4 is 28.1 Å². The van der Waals surface area contributed by atoms with Gasteiger partial charge in [0.1, 0.15) is 4.88 Å². The lowest BCUT2D eigenvalue weighted by Crippen LogP contribution is -2.37. The summed E-state index contributed by atoms with van der Waals surface area (Å²) in [6, 6.07) is 10.1. The summed E-state index contributed by atoms with van der Waals surface area (Å²) in [4.78, 5) is 22.2. The van der Waals surface area contributed by atoms with Crippen molar-refractivity contribution in [3.05, 3.63) is 40.9 Å². The highest BCUT2D eigenvalue weighted by Gasteiger charge is 2.25.